The molecule has 7 heteroatoms. The summed E-state index contributed by atoms with van der Waals surface area (Å²) in [5.74, 6) is 0.788. The van der Waals surface area contributed by atoms with Gasteiger partial charge in [-0.1, -0.05) is 17.8 Å². The second-order valence-corrected chi connectivity index (χ2v) is 8.50. The van der Waals surface area contributed by atoms with Crippen LogP contribution in [0.5, 0.6) is 0 Å². The molecule has 1 atom stereocenters. The van der Waals surface area contributed by atoms with E-state index in [1.165, 1.54) is 22.9 Å². The highest BCUT2D eigenvalue weighted by molar-refractivity contribution is 8.00. The Morgan fingerprint density at radius 3 is 2.57 bits per heavy atom. The minimum absolute atomic E-state index is 0.0487. The maximum Gasteiger partial charge on any atom is 0.233 e. The van der Waals surface area contributed by atoms with Crippen LogP contribution in [0.4, 0.5) is 0 Å². The standard InChI is InChI=1S/C21H23N5OS/c1-13-4-7-18(12-14(13)2)26-19(16-8-10-22-11-9-16)24-25-21(26)28-15(3)20(27)23-17-5-6-17/h4,7-12,15,17H,5-6H2,1-3H3,(H,23,27). The number of amides is 1. The molecule has 144 valence electrons. The van der Waals surface area contributed by atoms with Gasteiger partial charge in [0.25, 0.3) is 0 Å². The lowest BCUT2D eigenvalue weighted by Gasteiger charge is -2.14. The van der Waals surface area contributed by atoms with E-state index in [1.54, 1.807) is 12.4 Å². The molecule has 0 saturated heterocycles. The summed E-state index contributed by atoms with van der Waals surface area (Å²) in [7, 11) is 0. The van der Waals surface area contributed by atoms with Crippen LogP contribution < -0.4 is 5.32 Å². The van der Waals surface area contributed by atoms with Gasteiger partial charge in [-0.3, -0.25) is 14.3 Å². The number of nitrogens with one attached hydrogen (secondary N) is 1. The van der Waals surface area contributed by atoms with Crippen molar-refractivity contribution in [1.82, 2.24) is 25.1 Å². The SMILES string of the molecule is Cc1ccc(-n2c(SC(C)C(=O)NC3CC3)nnc2-c2ccncc2)cc1C. The number of hydrogen-bond donors (Lipinski definition) is 1. The predicted molar refractivity (Wildman–Crippen MR) is 111 cm³/mol. The summed E-state index contributed by atoms with van der Waals surface area (Å²) in [5, 5.41) is 12.4. The third kappa shape index (κ3) is 3.94. The number of rotatable bonds is 6. The molecule has 28 heavy (non-hydrogen) atoms. The molecule has 1 aliphatic rings. The predicted octanol–water partition coefficient (Wildman–Crippen LogP) is 3.71. The fraction of sp³-hybridized carbons (Fsp3) is 0.333. The monoisotopic (exact) mass is 393 g/mol. The van der Waals surface area contributed by atoms with Gasteiger partial charge in [-0.15, -0.1) is 10.2 Å². The van der Waals surface area contributed by atoms with Crippen molar-refractivity contribution in [3.63, 3.8) is 0 Å². The summed E-state index contributed by atoms with van der Waals surface area (Å²) in [5.41, 5.74) is 4.34. The van der Waals surface area contributed by atoms with Crippen molar-refractivity contribution < 1.29 is 4.79 Å². The van der Waals surface area contributed by atoms with Gasteiger partial charge in [-0.2, -0.15) is 0 Å². The highest BCUT2D eigenvalue weighted by Gasteiger charge is 2.27. The average molecular weight is 394 g/mol. The lowest BCUT2D eigenvalue weighted by atomic mass is 10.1. The Morgan fingerprint density at radius 1 is 1.14 bits per heavy atom. The van der Waals surface area contributed by atoms with Crippen LogP contribution in [0.15, 0.2) is 47.9 Å². The molecule has 1 aliphatic carbocycles. The molecule has 0 aliphatic heterocycles. The second-order valence-electron chi connectivity index (χ2n) is 7.19. The Kier molecular flexibility index (Phi) is 5.17. The highest BCUT2D eigenvalue weighted by Crippen LogP contribution is 2.31. The Hall–Kier alpha value is -2.67. The quantitative estimate of drug-likeness (QED) is 0.647. The molecule has 0 radical (unpaired) electrons. The van der Waals surface area contributed by atoms with Crippen LogP contribution in [0, 0.1) is 13.8 Å². The maximum atomic E-state index is 12.4. The normalized spacial score (nSPS) is 14.7. The van der Waals surface area contributed by atoms with E-state index in [9.17, 15) is 4.79 Å². The number of benzene rings is 1. The smallest absolute Gasteiger partial charge is 0.233 e. The number of thioether (sulfide) groups is 1. The fourth-order valence-corrected chi connectivity index (χ4v) is 3.77. The summed E-state index contributed by atoms with van der Waals surface area (Å²) in [4.78, 5) is 16.5. The molecular formula is C21H23N5OS. The second kappa shape index (κ2) is 7.75. The van der Waals surface area contributed by atoms with E-state index in [2.05, 4.69) is 52.5 Å². The van der Waals surface area contributed by atoms with Gasteiger partial charge in [0, 0.05) is 24.0 Å². The van der Waals surface area contributed by atoms with Crippen molar-refractivity contribution in [3.05, 3.63) is 53.9 Å². The van der Waals surface area contributed by atoms with Crippen LogP contribution in [0.1, 0.15) is 30.9 Å². The summed E-state index contributed by atoms with van der Waals surface area (Å²) < 4.78 is 2.02. The van der Waals surface area contributed by atoms with Gasteiger partial charge in [0.2, 0.25) is 5.91 Å². The molecular weight excluding hydrogens is 370 g/mol. The largest absolute Gasteiger partial charge is 0.352 e. The van der Waals surface area contributed by atoms with Crippen molar-refractivity contribution in [2.24, 2.45) is 0 Å². The van der Waals surface area contributed by atoms with Gasteiger partial charge in [-0.05, 0) is 69.0 Å². The molecule has 2 heterocycles. The van der Waals surface area contributed by atoms with Gasteiger partial charge < -0.3 is 5.32 Å². The molecule has 2 aromatic heterocycles. The lowest BCUT2D eigenvalue weighted by molar-refractivity contribution is -0.120. The molecule has 1 amide bonds. The van der Waals surface area contributed by atoms with Crippen LogP contribution in [-0.2, 0) is 4.79 Å². The molecule has 3 aromatic rings. The van der Waals surface area contributed by atoms with Crippen LogP contribution in [0.25, 0.3) is 17.1 Å². The lowest BCUT2D eigenvalue weighted by Crippen LogP contribution is -2.32. The highest BCUT2D eigenvalue weighted by atomic mass is 32.2. The summed E-state index contributed by atoms with van der Waals surface area (Å²) in [6.07, 6.45) is 5.64. The molecule has 6 nitrogen and oxygen atoms in total. The number of aromatic nitrogens is 4. The third-order valence-electron chi connectivity index (χ3n) is 4.90. The zero-order chi connectivity index (χ0) is 19.7. The molecule has 1 saturated carbocycles. The maximum absolute atomic E-state index is 12.4. The Balaban J connectivity index is 1.72. The zero-order valence-corrected chi connectivity index (χ0v) is 17.0. The van der Waals surface area contributed by atoms with Gasteiger partial charge in [0.05, 0.1) is 10.9 Å². The Morgan fingerprint density at radius 2 is 1.89 bits per heavy atom. The molecule has 1 N–H and O–H groups in total. The van der Waals surface area contributed by atoms with Gasteiger partial charge in [-0.25, -0.2) is 0 Å². The first-order chi connectivity index (χ1) is 13.5. The van der Waals surface area contributed by atoms with E-state index in [1.807, 2.05) is 23.6 Å². The van der Waals surface area contributed by atoms with Crippen LogP contribution in [0.3, 0.4) is 0 Å². The third-order valence-corrected chi connectivity index (χ3v) is 5.94. The molecule has 4 rings (SSSR count). The fourth-order valence-electron chi connectivity index (χ4n) is 2.89. The Bertz CT molecular complexity index is 997. The van der Waals surface area contributed by atoms with E-state index in [0.717, 1.165) is 29.9 Å². The number of hydrogen-bond acceptors (Lipinski definition) is 5. The van der Waals surface area contributed by atoms with Crippen molar-refractivity contribution in [3.8, 4) is 17.1 Å². The van der Waals surface area contributed by atoms with Crippen molar-refractivity contribution in [2.45, 2.75) is 50.1 Å². The van der Waals surface area contributed by atoms with E-state index >= 15 is 0 Å². The molecule has 0 spiro atoms. The van der Waals surface area contributed by atoms with E-state index in [0.29, 0.717) is 11.2 Å². The van der Waals surface area contributed by atoms with Crippen LogP contribution in [0.2, 0.25) is 0 Å². The number of pyridine rings is 1. The first-order valence-electron chi connectivity index (χ1n) is 9.43. The van der Waals surface area contributed by atoms with Crippen LogP contribution in [-0.4, -0.2) is 36.9 Å². The minimum atomic E-state index is -0.250. The topological polar surface area (TPSA) is 72.7 Å². The molecule has 1 fully saturated rings. The average Bonchev–Trinajstić information content (AvgIpc) is 3.42. The number of aryl methyl sites for hydroxylation is 2. The summed E-state index contributed by atoms with van der Waals surface area (Å²) >= 11 is 1.43. The van der Waals surface area contributed by atoms with Crippen LogP contribution >= 0.6 is 11.8 Å². The number of nitrogens with zero attached hydrogens (tertiary/aromatic N) is 4. The molecule has 1 unspecified atom stereocenters. The molecule has 0 bridgehead atoms. The zero-order valence-electron chi connectivity index (χ0n) is 16.2. The minimum Gasteiger partial charge on any atom is -0.352 e. The van der Waals surface area contributed by atoms with Gasteiger partial charge in [0.15, 0.2) is 11.0 Å². The van der Waals surface area contributed by atoms with Crippen molar-refractivity contribution in [2.75, 3.05) is 0 Å². The first-order valence-corrected chi connectivity index (χ1v) is 10.3. The summed E-state index contributed by atoms with van der Waals surface area (Å²) in [6, 6.07) is 10.5. The van der Waals surface area contributed by atoms with Crippen molar-refractivity contribution >= 4 is 17.7 Å². The van der Waals surface area contributed by atoms with E-state index in [4.69, 9.17) is 0 Å². The number of carbonyl (C=O) groups is 1. The molecule has 1 aromatic carbocycles. The number of carbonyl (C=O) groups excluding carboxylic acids is 1. The van der Waals surface area contributed by atoms with Crippen molar-refractivity contribution in [1.29, 1.82) is 0 Å². The van der Waals surface area contributed by atoms with Gasteiger partial charge >= 0.3 is 0 Å². The van der Waals surface area contributed by atoms with E-state index < -0.39 is 0 Å². The van der Waals surface area contributed by atoms with E-state index in [-0.39, 0.29) is 11.2 Å². The summed E-state index contributed by atoms with van der Waals surface area (Å²) in [6.45, 7) is 6.09. The van der Waals surface area contributed by atoms with Gasteiger partial charge in [0.1, 0.15) is 0 Å². The Labute approximate surface area is 168 Å². The first kappa shape index (κ1) is 18.7.